The first kappa shape index (κ1) is 18.8. The van der Waals surface area contributed by atoms with Gasteiger partial charge in [-0.2, -0.15) is 4.31 Å². The second kappa shape index (κ2) is 6.94. The molecule has 0 radical (unpaired) electrons. The third-order valence-corrected chi connectivity index (χ3v) is 8.08. The van der Waals surface area contributed by atoms with Gasteiger partial charge in [0.05, 0.1) is 39.5 Å². The van der Waals surface area contributed by atoms with Gasteiger partial charge in [0.25, 0.3) is 0 Å². The zero-order chi connectivity index (χ0) is 20.1. The molecule has 1 atom stereocenters. The lowest BCUT2D eigenvalue weighted by Crippen LogP contribution is -2.60. The zero-order valence-electron chi connectivity index (χ0n) is 15.9. The first-order valence-corrected chi connectivity index (χ1v) is 11.7. The van der Waals surface area contributed by atoms with Gasteiger partial charge < -0.3 is 14.4 Å². The third-order valence-electron chi connectivity index (χ3n) is 5.45. The molecule has 1 spiro atoms. The number of sulfonamides is 1. The van der Waals surface area contributed by atoms with Crippen LogP contribution in [-0.4, -0.2) is 63.2 Å². The number of rotatable bonds is 2. The SMILES string of the molecule is CN1CC2(COc3ccccc31)CN(S(=O)(=O)c1ccc3ncsc3c1)CCO2. The molecule has 0 amide bonds. The summed E-state index contributed by atoms with van der Waals surface area (Å²) in [6.45, 7) is 1.74. The highest BCUT2D eigenvalue weighted by molar-refractivity contribution is 7.89. The lowest BCUT2D eigenvalue weighted by Gasteiger charge is -2.42. The molecule has 29 heavy (non-hydrogen) atoms. The van der Waals surface area contributed by atoms with E-state index in [1.54, 1.807) is 23.7 Å². The molecule has 1 aromatic heterocycles. The molecule has 1 unspecified atom stereocenters. The van der Waals surface area contributed by atoms with Gasteiger partial charge in [-0.25, -0.2) is 13.4 Å². The number of para-hydroxylation sites is 2. The number of nitrogens with zero attached hydrogens (tertiary/aromatic N) is 3. The quantitative estimate of drug-likeness (QED) is 0.621. The lowest BCUT2D eigenvalue weighted by molar-refractivity contribution is -0.102. The average Bonchev–Trinajstić information content (AvgIpc) is 3.16. The van der Waals surface area contributed by atoms with Gasteiger partial charge >= 0.3 is 0 Å². The Hall–Kier alpha value is -2.20. The molecule has 152 valence electrons. The maximum absolute atomic E-state index is 13.4. The molecule has 2 aliphatic heterocycles. The maximum atomic E-state index is 13.4. The van der Waals surface area contributed by atoms with E-state index in [1.165, 1.54) is 15.6 Å². The second-order valence-electron chi connectivity index (χ2n) is 7.46. The van der Waals surface area contributed by atoms with E-state index >= 15 is 0 Å². The Bertz CT molecular complexity index is 1160. The van der Waals surface area contributed by atoms with Crippen LogP contribution in [0.1, 0.15) is 0 Å². The van der Waals surface area contributed by atoms with Crippen LogP contribution in [0.2, 0.25) is 0 Å². The molecule has 0 bridgehead atoms. The number of ether oxygens (including phenoxy) is 2. The van der Waals surface area contributed by atoms with Crippen LogP contribution in [0.4, 0.5) is 5.69 Å². The van der Waals surface area contributed by atoms with E-state index in [-0.39, 0.29) is 11.4 Å². The van der Waals surface area contributed by atoms with Crippen molar-refractivity contribution in [3.8, 4) is 5.75 Å². The number of hydrogen-bond donors (Lipinski definition) is 0. The number of hydrogen-bond acceptors (Lipinski definition) is 7. The van der Waals surface area contributed by atoms with Gasteiger partial charge in [0.2, 0.25) is 10.0 Å². The van der Waals surface area contributed by atoms with Crippen molar-refractivity contribution in [1.29, 1.82) is 0 Å². The van der Waals surface area contributed by atoms with Crippen LogP contribution in [0.3, 0.4) is 0 Å². The fraction of sp³-hybridized carbons (Fsp3) is 0.350. The van der Waals surface area contributed by atoms with Gasteiger partial charge in [-0.1, -0.05) is 12.1 Å². The Balaban J connectivity index is 1.44. The summed E-state index contributed by atoms with van der Waals surface area (Å²) in [4.78, 5) is 6.59. The van der Waals surface area contributed by atoms with Gasteiger partial charge in [0.15, 0.2) is 0 Å². The molecule has 1 saturated heterocycles. The average molecular weight is 432 g/mol. The third kappa shape index (κ3) is 3.28. The maximum Gasteiger partial charge on any atom is 0.243 e. The van der Waals surface area contributed by atoms with Crippen LogP contribution < -0.4 is 9.64 Å². The zero-order valence-corrected chi connectivity index (χ0v) is 17.6. The Labute approximate surface area is 173 Å². The van der Waals surface area contributed by atoms with Crippen LogP contribution in [0.25, 0.3) is 10.2 Å². The summed E-state index contributed by atoms with van der Waals surface area (Å²) in [7, 11) is -1.67. The molecule has 2 aliphatic rings. The Morgan fingerprint density at radius 3 is 2.93 bits per heavy atom. The predicted molar refractivity (Wildman–Crippen MR) is 112 cm³/mol. The van der Waals surface area contributed by atoms with Crippen molar-refractivity contribution in [3.05, 3.63) is 48.0 Å². The van der Waals surface area contributed by atoms with Crippen molar-refractivity contribution in [2.75, 3.05) is 44.8 Å². The molecule has 0 saturated carbocycles. The fourth-order valence-corrected chi connectivity index (χ4v) is 6.33. The summed E-state index contributed by atoms with van der Waals surface area (Å²) in [6.07, 6.45) is 0. The molecule has 0 aliphatic carbocycles. The standard InChI is InChI=1S/C20H21N3O4S2/c1-22-11-20(13-26-18-5-3-2-4-17(18)22)12-23(8-9-27-20)29(24,25)15-6-7-16-19(10-15)28-14-21-16/h2-7,10,14H,8-9,11-13H2,1H3. The molecular weight excluding hydrogens is 410 g/mol. The number of aromatic nitrogens is 1. The number of thiazole rings is 1. The molecule has 0 N–H and O–H groups in total. The second-order valence-corrected chi connectivity index (χ2v) is 10.3. The highest BCUT2D eigenvalue weighted by Crippen LogP contribution is 2.35. The van der Waals surface area contributed by atoms with E-state index in [0.717, 1.165) is 21.7 Å². The number of anilines is 1. The lowest BCUT2D eigenvalue weighted by atomic mass is 10.0. The van der Waals surface area contributed by atoms with Gasteiger partial charge in [0.1, 0.15) is 18.0 Å². The summed E-state index contributed by atoms with van der Waals surface area (Å²) in [6, 6.07) is 12.9. The molecule has 7 nitrogen and oxygen atoms in total. The number of fused-ring (bicyclic) bond motifs is 2. The minimum absolute atomic E-state index is 0.244. The first-order chi connectivity index (χ1) is 14.0. The van der Waals surface area contributed by atoms with E-state index in [2.05, 4.69) is 9.88 Å². The van der Waals surface area contributed by atoms with Crippen LogP contribution >= 0.6 is 11.3 Å². The molecule has 9 heteroatoms. The predicted octanol–water partition coefficient (Wildman–Crippen LogP) is 2.58. The summed E-state index contributed by atoms with van der Waals surface area (Å²) < 4.78 is 41.3. The summed E-state index contributed by atoms with van der Waals surface area (Å²) in [5.74, 6) is 0.783. The number of benzene rings is 2. The molecule has 1 fully saturated rings. The fourth-order valence-electron chi connectivity index (χ4n) is 4.01. The van der Waals surface area contributed by atoms with Crippen molar-refractivity contribution in [2.24, 2.45) is 0 Å². The molecular formula is C20H21N3O4S2. The monoisotopic (exact) mass is 431 g/mol. The minimum Gasteiger partial charge on any atom is -0.488 e. The summed E-state index contributed by atoms with van der Waals surface area (Å²) >= 11 is 1.44. The normalized spacial score (nSPS) is 23.0. The van der Waals surface area contributed by atoms with E-state index in [4.69, 9.17) is 9.47 Å². The molecule has 2 aromatic carbocycles. The Morgan fingerprint density at radius 1 is 1.17 bits per heavy atom. The highest BCUT2D eigenvalue weighted by atomic mass is 32.2. The summed E-state index contributed by atoms with van der Waals surface area (Å²) in [5, 5.41) is 0. The van der Waals surface area contributed by atoms with Gasteiger partial charge in [-0.15, -0.1) is 11.3 Å². The van der Waals surface area contributed by atoms with Crippen molar-refractivity contribution in [3.63, 3.8) is 0 Å². The Morgan fingerprint density at radius 2 is 2.03 bits per heavy atom. The van der Waals surface area contributed by atoms with Crippen LogP contribution in [0, 0.1) is 0 Å². The number of morpholine rings is 1. The van der Waals surface area contributed by atoms with Gasteiger partial charge in [-0.3, -0.25) is 0 Å². The van der Waals surface area contributed by atoms with E-state index < -0.39 is 15.6 Å². The van der Waals surface area contributed by atoms with Crippen molar-refractivity contribution in [2.45, 2.75) is 10.5 Å². The van der Waals surface area contributed by atoms with Crippen molar-refractivity contribution >= 4 is 37.3 Å². The first-order valence-electron chi connectivity index (χ1n) is 9.37. The van der Waals surface area contributed by atoms with Crippen molar-refractivity contribution in [1.82, 2.24) is 9.29 Å². The Kier molecular flexibility index (Phi) is 4.50. The van der Waals surface area contributed by atoms with E-state index in [1.807, 2.05) is 31.3 Å². The smallest absolute Gasteiger partial charge is 0.243 e. The minimum atomic E-state index is -3.65. The van der Waals surface area contributed by atoms with Gasteiger partial charge in [0, 0.05) is 20.1 Å². The van der Waals surface area contributed by atoms with Gasteiger partial charge in [-0.05, 0) is 30.3 Å². The van der Waals surface area contributed by atoms with Crippen LogP contribution in [0.15, 0.2) is 52.9 Å². The van der Waals surface area contributed by atoms with Crippen LogP contribution in [0.5, 0.6) is 5.75 Å². The van der Waals surface area contributed by atoms with E-state index in [0.29, 0.717) is 26.3 Å². The molecule has 3 heterocycles. The summed E-state index contributed by atoms with van der Waals surface area (Å²) in [5.41, 5.74) is 2.78. The van der Waals surface area contributed by atoms with Crippen LogP contribution in [-0.2, 0) is 14.8 Å². The molecule has 3 aromatic rings. The largest absolute Gasteiger partial charge is 0.488 e. The topological polar surface area (TPSA) is 72.0 Å². The van der Waals surface area contributed by atoms with Crippen molar-refractivity contribution < 1.29 is 17.9 Å². The number of likely N-dealkylation sites (N-methyl/N-ethyl adjacent to an activating group) is 1. The highest BCUT2D eigenvalue weighted by Gasteiger charge is 2.44. The van der Waals surface area contributed by atoms with E-state index in [9.17, 15) is 8.42 Å². The molecule has 5 rings (SSSR count).